The van der Waals surface area contributed by atoms with Crippen LogP contribution in [0.4, 0.5) is 5.69 Å². The van der Waals surface area contributed by atoms with Crippen LogP contribution >= 0.6 is 11.3 Å². The van der Waals surface area contributed by atoms with Gasteiger partial charge in [-0.15, -0.1) is 11.3 Å². The number of anilines is 1. The summed E-state index contributed by atoms with van der Waals surface area (Å²) in [5.74, 6) is -0.388. The number of ether oxygens (including phenoxy) is 1. The van der Waals surface area contributed by atoms with Crippen LogP contribution in [-0.4, -0.2) is 17.6 Å². The van der Waals surface area contributed by atoms with Crippen LogP contribution in [0.15, 0.2) is 36.0 Å². The number of nitrogen functional groups attached to an aromatic ring is 1. The van der Waals surface area contributed by atoms with Crippen molar-refractivity contribution < 1.29 is 9.53 Å². The number of thiophene rings is 1. The minimum Gasteiger partial charge on any atom is -0.462 e. The fraction of sp³-hybridized carbons (Fsp3) is 0.167. The zero-order valence-electron chi connectivity index (χ0n) is 9.13. The Morgan fingerprint density at radius 1 is 1.47 bits per heavy atom. The first-order valence-electron chi connectivity index (χ1n) is 5.16. The molecule has 0 aromatic carbocycles. The topological polar surface area (TPSA) is 65.2 Å². The molecule has 2 aromatic rings. The standard InChI is InChI=1S/C12H12N2O2S/c13-10-6-9(7-14-8-10)12(15)16-4-3-11-2-1-5-17-11/h1-2,5-8H,3-4,13H2. The lowest BCUT2D eigenvalue weighted by Crippen LogP contribution is -2.08. The number of nitrogens with two attached hydrogens (primary N) is 1. The molecular weight excluding hydrogens is 236 g/mol. The predicted molar refractivity (Wildman–Crippen MR) is 67.0 cm³/mol. The lowest BCUT2D eigenvalue weighted by atomic mass is 10.3. The monoisotopic (exact) mass is 248 g/mol. The second-order valence-electron chi connectivity index (χ2n) is 3.47. The molecule has 0 aliphatic rings. The van der Waals surface area contributed by atoms with Crippen molar-refractivity contribution in [3.63, 3.8) is 0 Å². The van der Waals surface area contributed by atoms with Gasteiger partial charge in [-0.1, -0.05) is 6.07 Å². The molecule has 0 unspecified atom stereocenters. The quantitative estimate of drug-likeness (QED) is 0.842. The van der Waals surface area contributed by atoms with E-state index in [0.717, 1.165) is 6.42 Å². The van der Waals surface area contributed by atoms with Crippen LogP contribution < -0.4 is 5.73 Å². The fourth-order valence-electron chi connectivity index (χ4n) is 1.35. The van der Waals surface area contributed by atoms with Gasteiger partial charge in [-0.3, -0.25) is 4.98 Å². The highest BCUT2D eigenvalue weighted by Crippen LogP contribution is 2.10. The fourth-order valence-corrected chi connectivity index (χ4v) is 2.04. The van der Waals surface area contributed by atoms with Gasteiger partial charge in [0.2, 0.25) is 0 Å². The number of carbonyl (C=O) groups excluding carboxylic acids is 1. The summed E-state index contributed by atoms with van der Waals surface area (Å²) < 4.78 is 5.13. The Labute approximate surface area is 103 Å². The Hall–Kier alpha value is -1.88. The van der Waals surface area contributed by atoms with E-state index in [0.29, 0.717) is 17.9 Å². The van der Waals surface area contributed by atoms with E-state index >= 15 is 0 Å². The van der Waals surface area contributed by atoms with E-state index in [-0.39, 0.29) is 5.97 Å². The van der Waals surface area contributed by atoms with Crippen molar-refractivity contribution in [2.75, 3.05) is 12.3 Å². The largest absolute Gasteiger partial charge is 0.462 e. The SMILES string of the molecule is Nc1cncc(C(=O)OCCc2cccs2)c1. The number of esters is 1. The number of nitrogens with zero attached hydrogens (tertiary/aromatic N) is 1. The minimum absolute atomic E-state index is 0.369. The third-order valence-electron chi connectivity index (χ3n) is 2.16. The van der Waals surface area contributed by atoms with E-state index in [1.807, 2.05) is 17.5 Å². The van der Waals surface area contributed by atoms with Gasteiger partial charge in [0.1, 0.15) is 0 Å². The van der Waals surface area contributed by atoms with E-state index in [1.54, 1.807) is 17.4 Å². The van der Waals surface area contributed by atoms with Crippen molar-refractivity contribution in [2.45, 2.75) is 6.42 Å². The van der Waals surface area contributed by atoms with Crippen LogP contribution in [0.1, 0.15) is 15.2 Å². The Morgan fingerprint density at radius 3 is 3.06 bits per heavy atom. The first-order valence-corrected chi connectivity index (χ1v) is 6.04. The molecule has 0 radical (unpaired) electrons. The second kappa shape index (κ2) is 5.45. The van der Waals surface area contributed by atoms with Crippen LogP contribution in [0.25, 0.3) is 0 Å². The molecule has 0 aliphatic heterocycles. The molecule has 2 aromatic heterocycles. The average molecular weight is 248 g/mol. The second-order valence-corrected chi connectivity index (χ2v) is 4.50. The van der Waals surface area contributed by atoms with E-state index in [9.17, 15) is 4.79 Å². The molecule has 2 heterocycles. The van der Waals surface area contributed by atoms with Crippen molar-refractivity contribution in [3.8, 4) is 0 Å². The lowest BCUT2D eigenvalue weighted by molar-refractivity contribution is 0.0509. The van der Waals surface area contributed by atoms with E-state index in [1.165, 1.54) is 17.3 Å². The first-order chi connectivity index (χ1) is 8.25. The molecule has 2 rings (SSSR count). The van der Waals surface area contributed by atoms with Crippen molar-refractivity contribution in [2.24, 2.45) is 0 Å². The Morgan fingerprint density at radius 2 is 2.35 bits per heavy atom. The maximum absolute atomic E-state index is 11.6. The van der Waals surface area contributed by atoms with Crippen LogP contribution in [0, 0.1) is 0 Å². The molecule has 4 nitrogen and oxygen atoms in total. The van der Waals surface area contributed by atoms with E-state index < -0.39 is 0 Å². The predicted octanol–water partition coefficient (Wildman–Crippen LogP) is 2.12. The van der Waals surface area contributed by atoms with Crippen LogP contribution in [0.2, 0.25) is 0 Å². The molecule has 88 valence electrons. The molecule has 0 bridgehead atoms. The Kier molecular flexibility index (Phi) is 3.72. The summed E-state index contributed by atoms with van der Waals surface area (Å²) in [6.07, 6.45) is 3.67. The number of rotatable bonds is 4. The van der Waals surface area contributed by atoms with Gasteiger partial charge in [0, 0.05) is 23.7 Å². The number of hydrogen-bond acceptors (Lipinski definition) is 5. The molecule has 0 saturated heterocycles. The summed E-state index contributed by atoms with van der Waals surface area (Å²) in [6, 6.07) is 5.55. The van der Waals surface area contributed by atoms with E-state index in [2.05, 4.69) is 4.98 Å². The van der Waals surface area contributed by atoms with Crippen molar-refractivity contribution >= 4 is 23.0 Å². The summed E-state index contributed by atoms with van der Waals surface area (Å²) >= 11 is 1.65. The number of hydrogen-bond donors (Lipinski definition) is 1. The summed E-state index contributed by atoms with van der Waals surface area (Å²) in [5.41, 5.74) is 6.38. The highest BCUT2D eigenvalue weighted by atomic mass is 32.1. The van der Waals surface area contributed by atoms with Gasteiger partial charge < -0.3 is 10.5 Å². The highest BCUT2D eigenvalue weighted by molar-refractivity contribution is 7.09. The number of carbonyl (C=O) groups is 1. The Balaban J connectivity index is 1.85. The van der Waals surface area contributed by atoms with Gasteiger partial charge in [0.15, 0.2) is 0 Å². The smallest absolute Gasteiger partial charge is 0.339 e. The number of pyridine rings is 1. The summed E-state index contributed by atoms with van der Waals surface area (Å²) in [7, 11) is 0. The van der Waals surface area contributed by atoms with Gasteiger partial charge in [0.25, 0.3) is 0 Å². The molecule has 0 atom stereocenters. The molecule has 2 N–H and O–H groups in total. The normalized spacial score (nSPS) is 10.1. The van der Waals surface area contributed by atoms with Crippen molar-refractivity contribution in [1.29, 1.82) is 0 Å². The summed E-state index contributed by atoms with van der Waals surface area (Å²) in [5, 5.41) is 2.00. The maximum Gasteiger partial charge on any atom is 0.339 e. The van der Waals surface area contributed by atoms with Gasteiger partial charge in [0.05, 0.1) is 17.9 Å². The van der Waals surface area contributed by atoms with Crippen LogP contribution in [0.3, 0.4) is 0 Å². The van der Waals surface area contributed by atoms with Gasteiger partial charge in [-0.05, 0) is 17.5 Å². The van der Waals surface area contributed by atoms with Gasteiger partial charge >= 0.3 is 5.97 Å². The molecule has 5 heteroatoms. The van der Waals surface area contributed by atoms with E-state index in [4.69, 9.17) is 10.5 Å². The first kappa shape index (κ1) is 11.6. The maximum atomic E-state index is 11.6. The van der Waals surface area contributed by atoms with Crippen LogP contribution in [-0.2, 0) is 11.2 Å². The molecule has 17 heavy (non-hydrogen) atoms. The Bertz CT molecular complexity index is 497. The van der Waals surface area contributed by atoms with Gasteiger partial charge in [-0.25, -0.2) is 4.79 Å². The number of aromatic nitrogens is 1. The van der Waals surface area contributed by atoms with Gasteiger partial charge in [-0.2, -0.15) is 0 Å². The average Bonchev–Trinajstić information content (AvgIpc) is 2.82. The summed E-state index contributed by atoms with van der Waals surface area (Å²) in [6.45, 7) is 0.369. The molecular formula is C12H12N2O2S. The molecule has 0 aliphatic carbocycles. The van der Waals surface area contributed by atoms with Crippen molar-refractivity contribution in [3.05, 3.63) is 46.4 Å². The molecule has 0 fully saturated rings. The lowest BCUT2D eigenvalue weighted by Gasteiger charge is -2.03. The third kappa shape index (κ3) is 3.29. The molecule has 0 amide bonds. The molecule has 0 saturated carbocycles. The highest BCUT2D eigenvalue weighted by Gasteiger charge is 2.07. The summed E-state index contributed by atoms with van der Waals surface area (Å²) in [4.78, 5) is 16.6. The minimum atomic E-state index is -0.388. The van der Waals surface area contributed by atoms with Crippen molar-refractivity contribution in [1.82, 2.24) is 4.98 Å². The zero-order valence-corrected chi connectivity index (χ0v) is 9.94. The third-order valence-corrected chi connectivity index (χ3v) is 3.09. The van der Waals surface area contributed by atoms with Crippen LogP contribution in [0.5, 0.6) is 0 Å². The molecule has 0 spiro atoms. The zero-order chi connectivity index (χ0) is 12.1.